The van der Waals surface area contributed by atoms with Gasteiger partial charge in [-0.3, -0.25) is 0 Å². The summed E-state index contributed by atoms with van der Waals surface area (Å²) in [5.74, 6) is 0.412. The minimum absolute atomic E-state index is 0.118. The molecule has 0 heterocycles. The minimum atomic E-state index is -1.05. The summed E-state index contributed by atoms with van der Waals surface area (Å²) in [7, 11) is 0. The lowest BCUT2D eigenvalue weighted by atomic mass is 9.97. The van der Waals surface area contributed by atoms with Crippen LogP contribution in [0.4, 0.5) is 4.39 Å². The summed E-state index contributed by atoms with van der Waals surface area (Å²) in [5, 5.41) is 0.118. The first kappa shape index (κ1) is 10.3. The summed E-state index contributed by atoms with van der Waals surface area (Å²) in [6.45, 7) is 7.41. The second-order valence-electron chi connectivity index (χ2n) is 3.46. The van der Waals surface area contributed by atoms with Crippen LogP contribution in [0.25, 0.3) is 0 Å². The molecule has 0 aliphatic heterocycles. The van der Waals surface area contributed by atoms with Crippen LogP contribution in [-0.2, 0) is 0 Å². The first-order chi connectivity index (χ1) is 4.39. The second kappa shape index (κ2) is 3.61. The second-order valence-corrected chi connectivity index (χ2v) is 4.44. The van der Waals surface area contributed by atoms with E-state index in [1.165, 1.54) is 0 Å². The molecule has 1 atom stereocenters. The van der Waals surface area contributed by atoms with E-state index in [2.05, 4.69) is 13.8 Å². The van der Waals surface area contributed by atoms with Crippen molar-refractivity contribution in [2.45, 2.75) is 38.6 Å². The zero-order chi connectivity index (χ0) is 8.36. The summed E-state index contributed by atoms with van der Waals surface area (Å²) >= 11 is 1.61. The Balaban J connectivity index is 4.07. The van der Waals surface area contributed by atoms with Crippen LogP contribution in [0.3, 0.4) is 0 Å². The Bertz CT molecular complexity index is 93.9. The van der Waals surface area contributed by atoms with Gasteiger partial charge in [-0.25, -0.2) is 4.39 Å². The van der Waals surface area contributed by atoms with Gasteiger partial charge in [0, 0.05) is 5.25 Å². The molecule has 62 valence electrons. The van der Waals surface area contributed by atoms with Crippen molar-refractivity contribution >= 4 is 11.8 Å². The van der Waals surface area contributed by atoms with Crippen molar-refractivity contribution in [3.63, 3.8) is 0 Å². The van der Waals surface area contributed by atoms with Crippen LogP contribution in [0, 0.1) is 5.92 Å². The van der Waals surface area contributed by atoms with Crippen LogP contribution >= 0.6 is 11.8 Å². The van der Waals surface area contributed by atoms with Crippen molar-refractivity contribution in [2.24, 2.45) is 5.92 Å². The van der Waals surface area contributed by atoms with Gasteiger partial charge in [0.1, 0.15) is 5.67 Å². The zero-order valence-electron chi connectivity index (χ0n) is 7.44. The molecule has 0 radical (unpaired) electrons. The van der Waals surface area contributed by atoms with E-state index in [1.54, 1.807) is 25.6 Å². The van der Waals surface area contributed by atoms with Crippen LogP contribution in [0.15, 0.2) is 0 Å². The molecule has 0 nitrogen and oxygen atoms in total. The third kappa shape index (κ3) is 2.91. The first-order valence-corrected chi connectivity index (χ1v) is 4.90. The Kier molecular flexibility index (Phi) is 3.71. The van der Waals surface area contributed by atoms with Crippen molar-refractivity contribution in [2.75, 3.05) is 6.26 Å². The Morgan fingerprint density at radius 1 is 1.30 bits per heavy atom. The van der Waals surface area contributed by atoms with Crippen LogP contribution in [0.5, 0.6) is 0 Å². The number of rotatable bonds is 3. The summed E-state index contributed by atoms with van der Waals surface area (Å²) in [4.78, 5) is 0. The Morgan fingerprint density at radius 2 is 1.70 bits per heavy atom. The summed E-state index contributed by atoms with van der Waals surface area (Å²) < 4.78 is 13.3. The average molecular weight is 164 g/mol. The number of alkyl halides is 1. The van der Waals surface area contributed by atoms with Crippen molar-refractivity contribution < 1.29 is 4.39 Å². The van der Waals surface area contributed by atoms with Crippen LogP contribution in [0.2, 0.25) is 0 Å². The molecular weight excluding hydrogens is 147 g/mol. The van der Waals surface area contributed by atoms with Gasteiger partial charge in [-0.2, -0.15) is 11.8 Å². The molecule has 0 saturated heterocycles. The van der Waals surface area contributed by atoms with Gasteiger partial charge in [-0.05, 0) is 26.0 Å². The zero-order valence-corrected chi connectivity index (χ0v) is 8.26. The minimum Gasteiger partial charge on any atom is -0.243 e. The van der Waals surface area contributed by atoms with Crippen LogP contribution in [0.1, 0.15) is 27.7 Å². The number of halogens is 1. The molecule has 0 N–H and O–H groups in total. The molecule has 0 saturated carbocycles. The lowest BCUT2D eigenvalue weighted by molar-refractivity contribution is 0.188. The topological polar surface area (TPSA) is 0 Å². The molecule has 2 heteroatoms. The van der Waals surface area contributed by atoms with E-state index in [0.717, 1.165) is 0 Å². The molecule has 0 amide bonds. The molecule has 0 rings (SSSR count). The van der Waals surface area contributed by atoms with Crippen LogP contribution < -0.4 is 0 Å². The molecule has 0 aromatic rings. The fraction of sp³-hybridized carbons (Fsp3) is 1.00. The number of hydrogen-bond acceptors (Lipinski definition) is 1. The van der Waals surface area contributed by atoms with Gasteiger partial charge in [0.2, 0.25) is 0 Å². The maximum Gasteiger partial charge on any atom is 0.117 e. The molecule has 0 bridgehead atoms. The average Bonchev–Trinajstić information content (AvgIpc) is 1.60. The number of hydrogen-bond donors (Lipinski definition) is 0. The SMILES string of the molecule is CSC(C(C)C)C(C)(C)F. The maximum absolute atomic E-state index is 13.3. The highest BCUT2D eigenvalue weighted by Gasteiger charge is 2.30. The van der Waals surface area contributed by atoms with Gasteiger partial charge >= 0.3 is 0 Å². The Hall–Kier alpha value is 0.280. The van der Waals surface area contributed by atoms with E-state index >= 15 is 0 Å². The first-order valence-electron chi connectivity index (χ1n) is 3.61. The highest BCUT2D eigenvalue weighted by molar-refractivity contribution is 7.99. The largest absolute Gasteiger partial charge is 0.243 e. The molecular formula is C8H17FS. The molecule has 0 fully saturated rings. The Labute approximate surface area is 67.6 Å². The molecule has 1 unspecified atom stereocenters. The Morgan fingerprint density at radius 3 is 1.70 bits per heavy atom. The third-order valence-electron chi connectivity index (χ3n) is 1.54. The predicted octanol–water partition coefficient (Wildman–Crippen LogP) is 3.12. The van der Waals surface area contributed by atoms with Gasteiger partial charge in [0.15, 0.2) is 0 Å². The van der Waals surface area contributed by atoms with Crippen molar-refractivity contribution in [1.82, 2.24) is 0 Å². The quantitative estimate of drug-likeness (QED) is 0.617. The third-order valence-corrected chi connectivity index (χ3v) is 3.15. The molecule has 0 aromatic heterocycles. The van der Waals surface area contributed by atoms with E-state index < -0.39 is 5.67 Å². The van der Waals surface area contributed by atoms with E-state index in [1.807, 2.05) is 6.26 Å². The fourth-order valence-corrected chi connectivity index (χ4v) is 2.45. The standard InChI is InChI=1S/C8H17FS/c1-6(2)7(10-5)8(3,4)9/h6-7H,1-5H3. The lowest BCUT2D eigenvalue weighted by Gasteiger charge is -2.28. The van der Waals surface area contributed by atoms with Crippen molar-refractivity contribution in [3.8, 4) is 0 Å². The fourth-order valence-electron chi connectivity index (χ4n) is 1.35. The summed E-state index contributed by atoms with van der Waals surface area (Å²) in [6, 6.07) is 0. The van der Waals surface area contributed by atoms with Gasteiger partial charge in [0.25, 0.3) is 0 Å². The van der Waals surface area contributed by atoms with E-state index in [9.17, 15) is 4.39 Å². The highest BCUT2D eigenvalue weighted by Crippen LogP contribution is 2.30. The predicted molar refractivity (Wildman–Crippen MR) is 47.3 cm³/mol. The summed E-state index contributed by atoms with van der Waals surface area (Å²) in [6.07, 6.45) is 1.96. The van der Waals surface area contributed by atoms with Crippen molar-refractivity contribution in [1.29, 1.82) is 0 Å². The van der Waals surface area contributed by atoms with Gasteiger partial charge < -0.3 is 0 Å². The van der Waals surface area contributed by atoms with E-state index in [4.69, 9.17) is 0 Å². The van der Waals surface area contributed by atoms with Gasteiger partial charge in [0.05, 0.1) is 0 Å². The molecule has 0 aliphatic rings. The highest BCUT2D eigenvalue weighted by atomic mass is 32.2. The number of thioether (sulfide) groups is 1. The molecule has 0 spiro atoms. The smallest absolute Gasteiger partial charge is 0.117 e. The lowest BCUT2D eigenvalue weighted by Crippen LogP contribution is -2.32. The maximum atomic E-state index is 13.3. The van der Waals surface area contributed by atoms with Gasteiger partial charge in [-0.1, -0.05) is 13.8 Å². The normalized spacial score (nSPS) is 15.9. The van der Waals surface area contributed by atoms with E-state index in [0.29, 0.717) is 5.92 Å². The van der Waals surface area contributed by atoms with E-state index in [-0.39, 0.29) is 5.25 Å². The van der Waals surface area contributed by atoms with Crippen molar-refractivity contribution in [3.05, 3.63) is 0 Å². The molecule has 10 heavy (non-hydrogen) atoms. The molecule has 0 aromatic carbocycles. The molecule has 0 aliphatic carbocycles. The van der Waals surface area contributed by atoms with Gasteiger partial charge in [-0.15, -0.1) is 0 Å². The monoisotopic (exact) mass is 164 g/mol. The van der Waals surface area contributed by atoms with Crippen LogP contribution in [-0.4, -0.2) is 17.2 Å². The summed E-state index contributed by atoms with van der Waals surface area (Å²) in [5.41, 5.74) is -1.05.